The molecule has 0 N–H and O–H groups in total. The molecular formula is C22H19N3O3. The standard InChI is InChI=1S/C22H19N3O3/c1-15(20-14-16-8-6-7-11-19(16)28-20)24(2)22(27)18-12-13-21(26)25(23-18)17-9-4-3-5-10-17/h3-15H,1-2H3. The second-order valence-corrected chi connectivity index (χ2v) is 6.58. The SMILES string of the molecule is CC(c1cc2ccccc2o1)N(C)C(=O)c1ccc(=O)n(-c2ccccc2)n1. The Balaban J connectivity index is 1.64. The molecule has 1 atom stereocenters. The minimum Gasteiger partial charge on any atom is -0.459 e. The van der Waals surface area contributed by atoms with Crippen LogP contribution in [-0.2, 0) is 0 Å². The Bertz CT molecular complexity index is 1160. The summed E-state index contributed by atoms with van der Waals surface area (Å²) in [6.07, 6.45) is 0. The largest absolute Gasteiger partial charge is 0.459 e. The number of para-hydroxylation sites is 2. The Morgan fingerprint density at radius 3 is 2.50 bits per heavy atom. The summed E-state index contributed by atoms with van der Waals surface area (Å²) in [5.74, 6) is 0.395. The van der Waals surface area contributed by atoms with E-state index in [4.69, 9.17) is 4.42 Å². The predicted molar refractivity (Wildman–Crippen MR) is 107 cm³/mol. The molecule has 0 aliphatic rings. The molecule has 0 aliphatic carbocycles. The first kappa shape index (κ1) is 17.7. The first-order chi connectivity index (χ1) is 13.5. The van der Waals surface area contributed by atoms with Gasteiger partial charge in [-0.2, -0.15) is 9.78 Å². The van der Waals surface area contributed by atoms with Crippen LogP contribution in [0.1, 0.15) is 29.2 Å². The van der Waals surface area contributed by atoms with Gasteiger partial charge >= 0.3 is 0 Å². The van der Waals surface area contributed by atoms with E-state index in [-0.39, 0.29) is 23.2 Å². The molecule has 4 aromatic rings. The van der Waals surface area contributed by atoms with Gasteiger partial charge in [-0.05, 0) is 37.3 Å². The lowest BCUT2D eigenvalue weighted by Gasteiger charge is -2.23. The van der Waals surface area contributed by atoms with Crippen molar-refractivity contribution in [3.05, 3.63) is 94.6 Å². The van der Waals surface area contributed by atoms with Gasteiger partial charge in [-0.25, -0.2) is 0 Å². The van der Waals surface area contributed by atoms with Gasteiger partial charge in [-0.15, -0.1) is 0 Å². The Morgan fingerprint density at radius 1 is 1.04 bits per heavy atom. The molecule has 0 spiro atoms. The quantitative estimate of drug-likeness (QED) is 0.545. The molecule has 2 aromatic carbocycles. The Labute approximate surface area is 161 Å². The van der Waals surface area contributed by atoms with Gasteiger partial charge in [-0.1, -0.05) is 36.4 Å². The summed E-state index contributed by atoms with van der Waals surface area (Å²) in [6, 6.07) is 21.2. The maximum Gasteiger partial charge on any atom is 0.274 e. The zero-order valence-corrected chi connectivity index (χ0v) is 15.6. The lowest BCUT2D eigenvalue weighted by atomic mass is 10.2. The highest BCUT2D eigenvalue weighted by atomic mass is 16.3. The number of amides is 1. The second kappa shape index (κ2) is 7.15. The van der Waals surface area contributed by atoms with Gasteiger partial charge in [0.2, 0.25) is 0 Å². The fourth-order valence-corrected chi connectivity index (χ4v) is 3.04. The molecule has 2 heterocycles. The number of fused-ring (bicyclic) bond motifs is 1. The topological polar surface area (TPSA) is 68.3 Å². The summed E-state index contributed by atoms with van der Waals surface area (Å²) in [6.45, 7) is 1.89. The van der Waals surface area contributed by atoms with E-state index in [9.17, 15) is 9.59 Å². The van der Waals surface area contributed by atoms with E-state index in [1.807, 2.05) is 55.5 Å². The third kappa shape index (κ3) is 3.20. The number of rotatable bonds is 4. The van der Waals surface area contributed by atoms with Crippen molar-refractivity contribution >= 4 is 16.9 Å². The van der Waals surface area contributed by atoms with Gasteiger partial charge < -0.3 is 9.32 Å². The molecule has 1 unspecified atom stereocenters. The number of hydrogen-bond acceptors (Lipinski definition) is 4. The minimum atomic E-state index is -0.296. The zero-order valence-electron chi connectivity index (χ0n) is 15.6. The van der Waals surface area contributed by atoms with E-state index in [2.05, 4.69) is 5.10 Å². The molecule has 0 fully saturated rings. The van der Waals surface area contributed by atoms with E-state index in [1.54, 1.807) is 24.1 Å². The van der Waals surface area contributed by atoms with Crippen molar-refractivity contribution in [2.24, 2.45) is 0 Å². The molecule has 4 rings (SSSR count). The number of aromatic nitrogens is 2. The van der Waals surface area contributed by atoms with Crippen LogP contribution in [0.5, 0.6) is 0 Å². The number of carbonyl (C=O) groups is 1. The summed E-state index contributed by atoms with van der Waals surface area (Å²) in [4.78, 5) is 26.7. The zero-order chi connectivity index (χ0) is 19.7. The van der Waals surface area contributed by atoms with E-state index in [0.29, 0.717) is 11.4 Å². The summed E-state index contributed by atoms with van der Waals surface area (Å²) in [5, 5.41) is 5.25. The summed E-state index contributed by atoms with van der Waals surface area (Å²) < 4.78 is 7.11. The molecule has 0 radical (unpaired) electrons. The monoisotopic (exact) mass is 373 g/mol. The van der Waals surface area contributed by atoms with Crippen molar-refractivity contribution < 1.29 is 9.21 Å². The van der Waals surface area contributed by atoms with Crippen LogP contribution in [0.3, 0.4) is 0 Å². The van der Waals surface area contributed by atoms with E-state index < -0.39 is 0 Å². The molecule has 1 amide bonds. The first-order valence-electron chi connectivity index (χ1n) is 8.96. The van der Waals surface area contributed by atoms with Crippen LogP contribution in [0, 0.1) is 0 Å². The molecule has 6 nitrogen and oxygen atoms in total. The Hall–Kier alpha value is -3.67. The Morgan fingerprint density at radius 2 is 1.75 bits per heavy atom. The average Bonchev–Trinajstić information content (AvgIpc) is 3.17. The number of furan rings is 1. The lowest BCUT2D eigenvalue weighted by Crippen LogP contribution is -2.32. The highest BCUT2D eigenvalue weighted by Crippen LogP contribution is 2.27. The molecular weight excluding hydrogens is 354 g/mol. The number of hydrogen-bond donors (Lipinski definition) is 0. The van der Waals surface area contributed by atoms with Crippen LogP contribution in [0.4, 0.5) is 0 Å². The van der Waals surface area contributed by atoms with Crippen molar-refractivity contribution in [1.82, 2.24) is 14.7 Å². The number of nitrogens with zero attached hydrogens (tertiary/aromatic N) is 3. The second-order valence-electron chi connectivity index (χ2n) is 6.58. The van der Waals surface area contributed by atoms with Crippen LogP contribution in [0.25, 0.3) is 16.7 Å². The molecule has 28 heavy (non-hydrogen) atoms. The lowest BCUT2D eigenvalue weighted by molar-refractivity contribution is 0.0719. The number of benzene rings is 2. The van der Waals surface area contributed by atoms with Gasteiger partial charge in [0.05, 0.1) is 11.7 Å². The molecule has 6 heteroatoms. The van der Waals surface area contributed by atoms with E-state index >= 15 is 0 Å². The number of carbonyl (C=O) groups excluding carboxylic acids is 1. The van der Waals surface area contributed by atoms with E-state index in [0.717, 1.165) is 11.0 Å². The first-order valence-corrected chi connectivity index (χ1v) is 8.96. The summed E-state index contributed by atoms with van der Waals surface area (Å²) in [7, 11) is 1.69. The molecule has 140 valence electrons. The third-order valence-corrected chi connectivity index (χ3v) is 4.78. The van der Waals surface area contributed by atoms with E-state index in [1.165, 1.54) is 16.8 Å². The minimum absolute atomic E-state index is 0.189. The Kier molecular flexibility index (Phi) is 4.53. The molecule has 0 bridgehead atoms. The fraction of sp³-hybridized carbons (Fsp3) is 0.136. The normalized spacial score (nSPS) is 12.1. The molecule has 0 saturated carbocycles. The van der Waals surface area contributed by atoms with Crippen molar-refractivity contribution in [1.29, 1.82) is 0 Å². The maximum atomic E-state index is 13.0. The van der Waals surface area contributed by atoms with Crippen LogP contribution in [0.15, 0.2) is 82.0 Å². The predicted octanol–water partition coefficient (Wildman–Crippen LogP) is 3.81. The van der Waals surface area contributed by atoms with Crippen LogP contribution in [-0.4, -0.2) is 27.6 Å². The summed E-state index contributed by atoms with van der Waals surface area (Å²) in [5.41, 5.74) is 1.28. The van der Waals surface area contributed by atoms with Crippen LogP contribution >= 0.6 is 0 Å². The van der Waals surface area contributed by atoms with Gasteiger partial charge in [0, 0.05) is 18.5 Å². The third-order valence-electron chi connectivity index (χ3n) is 4.78. The van der Waals surface area contributed by atoms with Crippen molar-refractivity contribution in [2.75, 3.05) is 7.05 Å². The van der Waals surface area contributed by atoms with Crippen molar-refractivity contribution in [3.8, 4) is 5.69 Å². The average molecular weight is 373 g/mol. The molecule has 2 aromatic heterocycles. The van der Waals surface area contributed by atoms with Gasteiger partial charge in [0.1, 0.15) is 17.0 Å². The van der Waals surface area contributed by atoms with Crippen molar-refractivity contribution in [3.63, 3.8) is 0 Å². The maximum absolute atomic E-state index is 13.0. The van der Waals surface area contributed by atoms with Crippen molar-refractivity contribution in [2.45, 2.75) is 13.0 Å². The van der Waals surface area contributed by atoms with Gasteiger partial charge in [0.25, 0.3) is 11.5 Å². The summed E-state index contributed by atoms with van der Waals surface area (Å²) >= 11 is 0. The van der Waals surface area contributed by atoms with Gasteiger partial charge in [0.15, 0.2) is 0 Å². The highest BCUT2D eigenvalue weighted by molar-refractivity contribution is 5.92. The fourth-order valence-electron chi connectivity index (χ4n) is 3.04. The van der Waals surface area contributed by atoms with Gasteiger partial charge in [-0.3, -0.25) is 9.59 Å². The van der Waals surface area contributed by atoms with Crippen LogP contribution < -0.4 is 5.56 Å². The molecule has 0 saturated heterocycles. The molecule has 0 aliphatic heterocycles. The smallest absolute Gasteiger partial charge is 0.274 e. The van der Waals surface area contributed by atoms with Crippen LogP contribution in [0.2, 0.25) is 0 Å². The highest BCUT2D eigenvalue weighted by Gasteiger charge is 2.23.